The predicted octanol–water partition coefficient (Wildman–Crippen LogP) is 4.99. The van der Waals surface area contributed by atoms with Crippen LogP contribution in [-0.2, 0) is 4.79 Å². The Morgan fingerprint density at radius 1 is 1.10 bits per heavy atom. The number of nitrogens with zero attached hydrogens (tertiary/aromatic N) is 2. The number of aromatic nitrogens is 1. The van der Waals surface area contributed by atoms with Gasteiger partial charge in [0, 0.05) is 11.9 Å². The Balaban J connectivity index is 1.43. The summed E-state index contributed by atoms with van der Waals surface area (Å²) < 4.78 is 6.79. The third-order valence-electron chi connectivity index (χ3n) is 4.43. The molecule has 0 fully saturated rings. The summed E-state index contributed by atoms with van der Waals surface area (Å²) in [7, 11) is 1.57. The van der Waals surface area contributed by atoms with Gasteiger partial charge in [-0.15, -0.1) is 23.1 Å². The van der Waals surface area contributed by atoms with Crippen molar-refractivity contribution in [3.8, 4) is 10.8 Å². The molecule has 0 bridgehead atoms. The third-order valence-corrected chi connectivity index (χ3v) is 6.28. The highest BCUT2D eigenvalue weighted by molar-refractivity contribution is 7.98. The highest BCUT2D eigenvalue weighted by Gasteiger charge is 2.20. The fourth-order valence-electron chi connectivity index (χ4n) is 2.96. The van der Waals surface area contributed by atoms with Crippen LogP contribution in [0.1, 0.15) is 10.6 Å². The SMILES string of the molecule is CSc1ccccc1NC(=O)CN(C)C(=O)c1ccc(-c2nc3ccccc3s2)o1. The van der Waals surface area contributed by atoms with Gasteiger partial charge in [0.1, 0.15) is 0 Å². The molecule has 4 rings (SSSR count). The van der Waals surface area contributed by atoms with Crippen molar-refractivity contribution in [2.24, 2.45) is 0 Å². The lowest BCUT2D eigenvalue weighted by molar-refractivity contribution is -0.116. The Morgan fingerprint density at radius 2 is 1.87 bits per heavy atom. The second kappa shape index (κ2) is 8.73. The largest absolute Gasteiger partial charge is 0.448 e. The van der Waals surface area contributed by atoms with Gasteiger partial charge in [-0.1, -0.05) is 24.3 Å². The highest BCUT2D eigenvalue weighted by Crippen LogP contribution is 2.31. The molecule has 30 heavy (non-hydrogen) atoms. The number of rotatable bonds is 6. The number of likely N-dealkylation sites (N-methyl/N-ethyl adjacent to an activating group) is 1. The van der Waals surface area contributed by atoms with E-state index in [0.29, 0.717) is 10.8 Å². The second-order valence-corrected chi connectivity index (χ2v) is 8.44. The van der Waals surface area contributed by atoms with Gasteiger partial charge in [-0.25, -0.2) is 4.98 Å². The van der Waals surface area contributed by atoms with E-state index in [-0.39, 0.29) is 24.1 Å². The molecule has 1 N–H and O–H groups in total. The fourth-order valence-corrected chi connectivity index (χ4v) is 4.44. The molecule has 2 aromatic carbocycles. The quantitative estimate of drug-likeness (QED) is 0.430. The lowest BCUT2D eigenvalue weighted by Gasteiger charge is -2.16. The van der Waals surface area contributed by atoms with Crippen LogP contribution in [-0.4, -0.2) is 41.5 Å². The molecule has 2 heterocycles. The van der Waals surface area contributed by atoms with Crippen LogP contribution in [0.3, 0.4) is 0 Å². The van der Waals surface area contributed by atoms with Gasteiger partial charge in [0.25, 0.3) is 5.91 Å². The van der Waals surface area contributed by atoms with E-state index in [9.17, 15) is 9.59 Å². The number of benzene rings is 2. The van der Waals surface area contributed by atoms with Gasteiger partial charge in [-0.05, 0) is 42.7 Å². The maximum atomic E-state index is 12.7. The van der Waals surface area contributed by atoms with Crippen molar-refractivity contribution in [2.45, 2.75) is 4.90 Å². The number of hydrogen-bond acceptors (Lipinski definition) is 6. The zero-order chi connectivity index (χ0) is 21.1. The van der Waals surface area contributed by atoms with E-state index in [1.165, 1.54) is 16.2 Å². The van der Waals surface area contributed by atoms with Crippen molar-refractivity contribution in [1.29, 1.82) is 0 Å². The predicted molar refractivity (Wildman–Crippen MR) is 121 cm³/mol. The molecule has 0 atom stereocenters. The molecule has 0 aliphatic rings. The molecule has 2 amide bonds. The van der Waals surface area contributed by atoms with Crippen molar-refractivity contribution in [3.63, 3.8) is 0 Å². The van der Waals surface area contributed by atoms with Gasteiger partial charge in [0.05, 0.1) is 22.4 Å². The summed E-state index contributed by atoms with van der Waals surface area (Å²) in [4.78, 5) is 31.9. The third kappa shape index (κ3) is 4.24. The summed E-state index contributed by atoms with van der Waals surface area (Å²) in [5.41, 5.74) is 1.62. The van der Waals surface area contributed by atoms with Gasteiger partial charge < -0.3 is 14.6 Å². The van der Waals surface area contributed by atoms with E-state index in [2.05, 4.69) is 10.3 Å². The number of nitrogens with one attached hydrogen (secondary N) is 1. The maximum absolute atomic E-state index is 12.7. The van der Waals surface area contributed by atoms with Crippen LogP contribution >= 0.6 is 23.1 Å². The zero-order valence-corrected chi connectivity index (χ0v) is 18.0. The van der Waals surface area contributed by atoms with E-state index < -0.39 is 0 Å². The number of carbonyl (C=O) groups is 2. The van der Waals surface area contributed by atoms with Crippen molar-refractivity contribution in [3.05, 3.63) is 66.4 Å². The maximum Gasteiger partial charge on any atom is 0.289 e. The summed E-state index contributed by atoms with van der Waals surface area (Å²) in [5.74, 6) is 0.0661. The van der Waals surface area contributed by atoms with Crippen LogP contribution in [0.15, 0.2) is 70.0 Å². The number of thiazole rings is 1. The van der Waals surface area contributed by atoms with Crippen molar-refractivity contribution in [2.75, 3.05) is 25.2 Å². The summed E-state index contributed by atoms with van der Waals surface area (Å²) in [5, 5.41) is 3.56. The first-order chi connectivity index (χ1) is 14.5. The van der Waals surface area contributed by atoms with Gasteiger partial charge in [0.15, 0.2) is 16.5 Å². The number of furan rings is 1. The standard InChI is InChI=1S/C22H19N3O3S2/c1-25(13-20(26)23-14-7-3-5-9-18(14)29-2)22(27)17-12-11-16(28-17)21-24-15-8-4-6-10-19(15)30-21/h3-12H,13H2,1-2H3,(H,23,26). The molecule has 0 spiro atoms. The average Bonchev–Trinajstić information content (AvgIpc) is 3.40. The zero-order valence-electron chi connectivity index (χ0n) is 16.4. The summed E-state index contributed by atoms with van der Waals surface area (Å²) in [6.07, 6.45) is 1.95. The molecule has 0 saturated heterocycles. The van der Waals surface area contributed by atoms with Gasteiger partial charge in [-0.2, -0.15) is 0 Å². The van der Waals surface area contributed by atoms with E-state index in [0.717, 1.165) is 20.8 Å². The Bertz CT molecular complexity index is 1180. The molecule has 6 nitrogen and oxygen atoms in total. The fraction of sp³-hybridized carbons (Fsp3) is 0.136. The monoisotopic (exact) mass is 437 g/mol. The van der Waals surface area contributed by atoms with Gasteiger partial charge in [-0.3, -0.25) is 9.59 Å². The molecule has 0 radical (unpaired) electrons. The number of para-hydroxylation sites is 2. The molecule has 8 heteroatoms. The van der Waals surface area contributed by atoms with Crippen molar-refractivity contribution < 1.29 is 14.0 Å². The summed E-state index contributed by atoms with van der Waals surface area (Å²) in [6, 6.07) is 18.7. The number of fused-ring (bicyclic) bond motifs is 1. The summed E-state index contributed by atoms with van der Waals surface area (Å²) >= 11 is 3.05. The minimum Gasteiger partial charge on any atom is -0.448 e. The molecular weight excluding hydrogens is 418 g/mol. The Morgan fingerprint density at radius 3 is 2.67 bits per heavy atom. The van der Waals surface area contributed by atoms with Crippen molar-refractivity contribution in [1.82, 2.24) is 9.88 Å². The van der Waals surface area contributed by atoms with Crippen LogP contribution < -0.4 is 5.32 Å². The van der Waals surface area contributed by atoms with E-state index in [4.69, 9.17) is 4.42 Å². The molecule has 0 aliphatic heterocycles. The van der Waals surface area contributed by atoms with Crippen LogP contribution in [0.5, 0.6) is 0 Å². The molecule has 0 saturated carbocycles. The Labute approximate surface area is 181 Å². The molecule has 4 aromatic rings. The van der Waals surface area contributed by atoms with Gasteiger partial charge in [0.2, 0.25) is 5.91 Å². The number of amides is 2. The molecule has 0 unspecified atom stereocenters. The van der Waals surface area contributed by atoms with Gasteiger partial charge >= 0.3 is 0 Å². The molecule has 152 valence electrons. The van der Waals surface area contributed by atoms with Crippen LogP contribution in [0.2, 0.25) is 0 Å². The lowest BCUT2D eigenvalue weighted by Crippen LogP contribution is -2.34. The smallest absolute Gasteiger partial charge is 0.289 e. The molecule has 2 aromatic heterocycles. The van der Waals surface area contributed by atoms with E-state index >= 15 is 0 Å². The first kappa shape index (κ1) is 20.2. The Kier molecular flexibility index (Phi) is 5.87. The minimum atomic E-state index is -0.365. The average molecular weight is 438 g/mol. The van der Waals surface area contributed by atoms with Crippen LogP contribution in [0.25, 0.3) is 21.0 Å². The number of thioether (sulfide) groups is 1. The van der Waals surface area contributed by atoms with Crippen molar-refractivity contribution >= 4 is 50.8 Å². The second-order valence-electron chi connectivity index (χ2n) is 6.56. The molecular formula is C22H19N3O3S2. The molecule has 0 aliphatic carbocycles. The first-order valence-electron chi connectivity index (χ1n) is 9.19. The lowest BCUT2D eigenvalue weighted by atomic mass is 10.3. The van der Waals surface area contributed by atoms with Crippen LogP contribution in [0.4, 0.5) is 5.69 Å². The minimum absolute atomic E-state index is 0.0846. The highest BCUT2D eigenvalue weighted by atomic mass is 32.2. The van der Waals surface area contributed by atoms with Crippen LogP contribution in [0, 0.1) is 0 Å². The first-order valence-corrected chi connectivity index (χ1v) is 11.2. The summed E-state index contributed by atoms with van der Waals surface area (Å²) in [6.45, 7) is -0.0846. The number of anilines is 1. The van der Waals surface area contributed by atoms with E-state index in [1.807, 2.05) is 54.8 Å². The van der Waals surface area contributed by atoms with E-state index in [1.54, 1.807) is 30.9 Å². The topological polar surface area (TPSA) is 75.4 Å². The Hall–Kier alpha value is -3.10. The number of hydrogen-bond donors (Lipinski definition) is 1. The normalized spacial score (nSPS) is 10.9. The number of carbonyl (C=O) groups excluding carboxylic acids is 2.